The summed E-state index contributed by atoms with van der Waals surface area (Å²) in [5.41, 5.74) is 3.21. The molecule has 152 valence electrons. The molecule has 0 saturated carbocycles. The number of carbonyl (C=O) groups excluding carboxylic acids is 1. The zero-order valence-electron chi connectivity index (χ0n) is 16.7. The summed E-state index contributed by atoms with van der Waals surface area (Å²) >= 11 is 0. The monoisotopic (exact) mass is 387 g/mol. The van der Waals surface area contributed by atoms with Gasteiger partial charge in [-0.25, -0.2) is 5.43 Å². The van der Waals surface area contributed by atoms with Crippen molar-refractivity contribution in [3.05, 3.63) is 47.7 Å². The lowest BCUT2D eigenvalue weighted by Gasteiger charge is -2.16. The molecule has 1 aromatic carbocycles. The maximum absolute atomic E-state index is 11.9. The normalized spacial score (nSPS) is 12.1. The van der Waals surface area contributed by atoms with E-state index in [2.05, 4.69) is 29.3 Å². The minimum atomic E-state index is -0.716. The molecule has 2 rings (SSSR count). The molecule has 7 heteroatoms. The van der Waals surface area contributed by atoms with Crippen LogP contribution in [0.2, 0.25) is 0 Å². The molecule has 2 aromatic rings. The predicted octanol–water partition coefficient (Wildman–Crippen LogP) is 3.49. The summed E-state index contributed by atoms with van der Waals surface area (Å²) < 4.78 is 11.0. The number of ether oxygens (including phenoxy) is 1. The number of hydrogen-bond donors (Lipinski definition) is 2. The predicted molar refractivity (Wildman–Crippen MR) is 110 cm³/mol. The van der Waals surface area contributed by atoms with Crippen molar-refractivity contribution >= 4 is 18.0 Å². The van der Waals surface area contributed by atoms with Crippen LogP contribution in [0.4, 0.5) is 5.88 Å². The second-order valence-corrected chi connectivity index (χ2v) is 6.20. The molecule has 28 heavy (non-hydrogen) atoms. The molecule has 0 aliphatic carbocycles. The second kappa shape index (κ2) is 11.1. The third-order valence-corrected chi connectivity index (χ3v) is 4.29. The van der Waals surface area contributed by atoms with E-state index in [9.17, 15) is 9.90 Å². The number of amides is 1. The number of benzene rings is 1. The lowest BCUT2D eigenvalue weighted by molar-refractivity contribution is -0.121. The van der Waals surface area contributed by atoms with Gasteiger partial charge >= 0.3 is 0 Å². The van der Waals surface area contributed by atoms with Crippen molar-refractivity contribution in [1.29, 1.82) is 0 Å². The topological polar surface area (TPSA) is 87.3 Å². The van der Waals surface area contributed by atoms with Crippen LogP contribution in [0.3, 0.4) is 0 Å². The van der Waals surface area contributed by atoms with Crippen LogP contribution >= 0.6 is 0 Å². The molecule has 0 bridgehead atoms. The highest BCUT2D eigenvalue weighted by Crippen LogP contribution is 2.21. The number of hydrogen-bond acceptors (Lipinski definition) is 6. The summed E-state index contributed by atoms with van der Waals surface area (Å²) in [6.07, 6.45) is 1.22. The maximum Gasteiger partial charge on any atom is 0.240 e. The SMILES string of the molecule is CCOc1ccc([C@@H](O)CCC(=O)N/N=C\c2ccc(N(CC)CC)o2)cc1. The number of carbonyl (C=O) groups is 1. The van der Waals surface area contributed by atoms with Gasteiger partial charge in [0.05, 0.1) is 18.9 Å². The van der Waals surface area contributed by atoms with Crippen LogP contribution in [0.5, 0.6) is 5.75 Å². The van der Waals surface area contributed by atoms with E-state index in [0.717, 1.165) is 30.3 Å². The van der Waals surface area contributed by atoms with Gasteiger partial charge in [-0.15, -0.1) is 0 Å². The Morgan fingerprint density at radius 1 is 1.21 bits per heavy atom. The minimum Gasteiger partial charge on any atom is -0.494 e. The Labute approximate surface area is 166 Å². The van der Waals surface area contributed by atoms with Gasteiger partial charge in [0.2, 0.25) is 5.91 Å². The van der Waals surface area contributed by atoms with E-state index in [-0.39, 0.29) is 12.3 Å². The number of hydrazone groups is 1. The summed E-state index contributed by atoms with van der Waals surface area (Å²) in [7, 11) is 0. The summed E-state index contributed by atoms with van der Waals surface area (Å²) in [6.45, 7) is 8.34. The van der Waals surface area contributed by atoms with Gasteiger partial charge in [0.1, 0.15) is 11.5 Å². The fourth-order valence-corrected chi connectivity index (χ4v) is 2.73. The third kappa shape index (κ3) is 6.42. The first-order valence-corrected chi connectivity index (χ1v) is 9.64. The first kappa shape index (κ1) is 21.5. The van der Waals surface area contributed by atoms with Crippen LogP contribution in [-0.2, 0) is 4.79 Å². The molecule has 1 aromatic heterocycles. The summed E-state index contributed by atoms with van der Waals surface area (Å²) in [4.78, 5) is 14.0. The summed E-state index contributed by atoms with van der Waals surface area (Å²) in [5.74, 6) is 1.83. The smallest absolute Gasteiger partial charge is 0.240 e. The Bertz CT molecular complexity index is 751. The van der Waals surface area contributed by atoms with E-state index in [4.69, 9.17) is 9.15 Å². The zero-order valence-corrected chi connectivity index (χ0v) is 16.7. The van der Waals surface area contributed by atoms with Crippen LogP contribution < -0.4 is 15.1 Å². The Morgan fingerprint density at radius 3 is 2.57 bits per heavy atom. The Hall–Kier alpha value is -2.80. The Kier molecular flexibility index (Phi) is 8.55. The van der Waals surface area contributed by atoms with Crippen molar-refractivity contribution < 1.29 is 19.1 Å². The lowest BCUT2D eigenvalue weighted by Crippen LogP contribution is -2.20. The van der Waals surface area contributed by atoms with E-state index in [0.29, 0.717) is 18.8 Å². The van der Waals surface area contributed by atoms with Crippen LogP contribution in [-0.4, -0.2) is 36.9 Å². The fraction of sp³-hybridized carbons (Fsp3) is 0.429. The first-order valence-electron chi connectivity index (χ1n) is 9.64. The standard InChI is InChI=1S/C21H29N3O4/c1-4-24(5-2)21-14-11-18(28-21)15-22-23-20(26)13-12-19(25)16-7-9-17(10-8-16)27-6-3/h7-11,14-15,19,25H,4-6,12-13H2,1-3H3,(H,23,26)/b22-15-/t19-/m0/s1. The molecule has 0 fully saturated rings. The van der Waals surface area contributed by atoms with E-state index in [1.807, 2.05) is 25.1 Å². The maximum atomic E-state index is 11.9. The quantitative estimate of drug-likeness (QED) is 0.455. The van der Waals surface area contributed by atoms with Crippen LogP contribution in [0.25, 0.3) is 0 Å². The van der Waals surface area contributed by atoms with E-state index < -0.39 is 6.10 Å². The molecule has 1 amide bonds. The molecule has 7 nitrogen and oxygen atoms in total. The number of nitrogens with one attached hydrogen (secondary N) is 1. The Morgan fingerprint density at radius 2 is 1.93 bits per heavy atom. The van der Waals surface area contributed by atoms with Crippen molar-refractivity contribution in [3.63, 3.8) is 0 Å². The molecule has 0 radical (unpaired) electrons. The lowest BCUT2D eigenvalue weighted by atomic mass is 10.0. The molecule has 0 saturated heterocycles. The number of rotatable bonds is 11. The highest BCUT2D eigenvalue weighted by molar-refractivity contribution is 5.80. The van der Waals surface area contributed by atoms with Gasteiger partial charge in [-0.1, -0.05) is 12.1 Å². The number of nitrogens with zero attached hydrogens (tertiary/aromatic N) is 2. The van der Waals surface area contributed by atoms with E-state index in [1.54, 1.807) is 18.2 Å². The van der Waals surface area contributed by atoms with Gasteiger partial charge in [0.15, 0.2) is 5.88 Å². The van der Waals surface area contributed by atoms with Gasteiger partial charge in [-0.05, 0) is 51.0 Å². The summed E-state index contributed by atoms with van der Waals surface area (Å²) in [5, 5.41) is 14.1. The van der Waals surface area contributed by atoms with E-state index >= 15 is 0 Å². The number of aliphatic hydroxyl groups is 1. The molecular formula is C21H29N3O4. The molecule has 0 aliphatic rings. The third-order valence-electron chi connectivity index (χ3n) is 4.29. The van der Waals surface area contributed by atoms with Crippen molar-refractivity contribution in [3.8, 4) is 5.75 Å². The highest BCUT2D eigenvalue weighted by Gasteiger charge is 2.11. The van der Waals surface area contributed by atoms with Gasteiger partial charge in [-0.3, -0.25) is 4.79 Å². The molecule has 1 atom stereocenters. The first-order chi connectivity index (χ1) is 13.6. The van der Waals surface area contributed by atoms with Gasteiger partial charge in [0.25, 0.3) is 0 Å². The highest BCUT2D eigenvalue weighted by atomic mass is 16.5. The molecule has 0 spiro atoms. The van der Waals surface area contributed by atoms with Gasteiger partial charge in [0, 0.05) is 25.6 Å². The minimum absolute atomic E-state index is 0.161. The van der Waals surface area contributed by atoms with Crippen LogP contribution in [0.15, 0.2) is 45.9 Å². The Balaban J connectivity index is 1.76. The number of furan rings is 1. The van der Waals surface area contributed by atoms with Crippen molar-refractivity contribution in [2.75, 3.05) is 24.6 Å². The number of anilines is 1. The number of aliphatic hydroxyl groups excluding tert-OH is 1. The summed E-state index contributed by atoms with van der Waals surface area (Å²) in [6, 6.07) is 10.9. The van der Waals surface area contributed by atoms with Crippen molar-refractivity contribution in [2.45, 2.75) is 39.7 Å². The molecule has 0 unspecified atom stereocenters. The zero-order chi connectivity index (χ0) is 20.4. The largest absolute Gasteiger partial charge is 0.494 e. The van der Waals surface area contributed by atoms with Crippen LogP contribution in [0, 0.1) is 0 Å². The second-order valence-electron chi connectivity index (χ2n) is 6.20. The average Bonchev–Trinajstić information content (AvgIpc) is 3.16. The van der Waals surface area contributed by atoms with Gasteiger partial charge < -0.3 is 19.2 Å². The van der Waals surface area contributed by atoms with Crippen LogP contribution in [0.1, 0.15) is 51.0 Å². The van der Waals surface area contributed by atoms with Crippen molar-refractivity contribution in [2.24, 2.45) is 5.10 Å². The molecule has 2 N–H and O–H groups in total. The average molecular weight is 387 g/mol. The van der Waals surface area contributed by atoms with E-state index in [1.165, 1.54) is 6.21 Å². The van der Waals surface area contributed by atoms with Gasteiger partial charge in [-0.2, -0.15) is 5.10 Å². The molecule has 1 heterocycles. The van der Waals surface area contributed by atoms with Crippen molar-refractivity contribution in [1.82, 2.24) is 5.43 Å². The molecular weight excluding hydrogens is 358 g/mol. The molecule has 0 aliphatic heterocycles. The fourth-order valence-electron chi connectivity index (χ4n) is 2.73.